The van der Waals surface area contributed by atoms with Crippen LogP contribution in [0.1, 0.15) is 7.79 Å². The Hall–Kier alpha value is 0.110. The van der Waals surface area contributed by atoms with E-state index >= 15 is 0 Å². The van der Waals surface area contributed by atoms with E-state index in [1.807, 2.05) is 0 Å². The van der Waals surface area contributed by atoms with Gasteiger partial charge in [0, 0.05) is 27.0 Å². The van der Waals surface area contributed by atoms with Crippen LogP contribution in [-0.2, 0) is 18.6 Å². The summed E-state index contributed by atoms with van der Waals surface area (Å²) >= 11 is 0. The molecule has 0 aromatic heterocycles. The van der Waals surface area contributed by atoms with Crippen LogP contribution in [0.5, 0.6) is 0 Å². The highest BCUT2D eigenvalue weighted by atomic mass is 31.2. The number of methoxy groups -OCH3 is 1. The highest BCUT2D eigenvalue weighted by Gasteiger charge is 2.29. The van der Waals surface area contributed by atoms with Crippen molar-refractivity contribution < 1.29 is 19.9 Å². The molecule has 0 aromatic rings. The van der Waals surface area contributed by atoms with Crippen LogP contribution in [0.15, 0.2) is 0 Å². The van der Waals surface area contributed by atoms with Crippen molar-refractivity contribution in [2.45, 2.75) is 18.6 Å². The molecule has 1 aliphatic heterocycles. The van der Waals surface area contributed by atoms with Crippen LogP contribution in [0, 0.1) is 0 Å². The molecule has 0 N–H and O–H groups in total. The van der Waals surface area contributed by atoms with Crippen molar-refractivity contribution in [2.24, 2.45) is 0 Å². The summed E-state index contributed by atoms with van der Waals surface area (Å²) in [6.07, 6.45) is 0.155. The predicted molar refractivity (Wildman–Crippen MR) is 50.6 cm³/mol. The monoisotopic (exact) mass is 210 g/mol. The summed E-state index contributed by atoms with van der Waals surface area (Å²) in [7, 11) is -0.892. The van der Waals surface area contributed by atoms with Crippen LogP contribution in [0.25, 0.3) is 0 Å². The van der Waals surface area contributed by atoms with E-state index in [4.69, 9.17) is 15.4 Å². The normalized spacial score (nSPS) is 36.2. The molecule has 1 aliphatic rings. The molecule has 4 nitrogen and oxygen atoms in total. The Labute approximate surface area is 80.4 Å². The maximum atomic E-state index is 11.3. The zero-order valence-corrected chi connectivity index (χ0v) is 9.12. The third-order valence-electron chi connectivity index (χ3n) is 1.87. The van der Waals surface area contributed by atoms with Gasteiger partial charge in [0.1, 0.15) is 6.10 Å². The van der Waals surface area contributed by atoms with E-state index in [9.17, 15) is 4.57 Å². The zero-order chi connectivity index (χ0) is 10.8. The van der Waals surface area contributed by atoms with Gasteiger partial charge < -0.3 is 14.0 Å². The summed E-state index contributed by atoms with van der Waals surface area (Å²) < 4.78 is 34.2. The lowest BCUT2D eigenvalue weighted by Crippen LogP contribution is -2.27. The SMILES string of the molecule is [3H][C@H]1CC(OC)[C@@H](COP(C)(C)=O)O1. The molecule has 0 saturated carbocycles. The third kappa shape index (κ3) is 3.77. The first kappa shape index (κ1) is 9.66. The Balaban J connectivity index is 2.40. The van der Waals surface area contributed by atoms with Crippen molar-refractivity contribution in [1.82, 2.24) is 0 Å². The second-order valence-electron chi connectivity index (χ2n) is 3.40. The van der Waals surface area contributed by atoms with Gasteiger partial charge in [-0.1, -0.05) is 0 Å². The molecule has 1 heterocycles. The average molecular weight is 210 g/mol. The summed E-state index contributed by atoms with van der Waals surface area (Å²) in [4.78, 5) is 0. The van der Waals surface area contributed by atoms with E-state index in [1.165, 1.54) is 0 Å². The molecule has 5 heteroatoms. The van der Waals surface area contributed by atoms with Crippen LogP contribution in [-0.4, -0.2) is 45.8 Å². The van der Waals surface area contributed by atoms with Gasteiger partial charge >= 0.3 is 0 Å². The lowest BCUT2D eigenvalue weighted by atomic mass is 10.2. The first-order valence-electron chi connectivity index (χ1n) is 4.80. The second-order valence-corrected chi connectivity index (χ2v) is 6.16. The molecule has 13 heavy (non-hydrogen) atoms. The van der Waals surface area contributed by atoms with Crippen LogP contribution in [0.4, 0.5) is 0 Å². The molecule has 0 amide bonds. The van der Waals surface area contributed by atoms with Crippen LogP contribution in [0.2, 0.25) is 0 Å². The van der Waals surface area contributed by atoms with Crippen molar-refractivity contribution in [3.8, 4) is 0 Å². The standard InChI is InChI=1S/C8H17O4P/c1-10-7-4-5-11-8(7)6-12-13(2,3)9/h7-8H,4-6H2,1-3H3/t7?,8-/m1/s1/i5T/t5-,7?,8+/m0. The van der Waals surface area contributed by atoms with E-state index < -0.39 is 14.0 Å². The number of hydrogen-bond donors (Lipinski definition) is 0. The Kier molecular flexibility index (Phi) is 3.39. The number of rotatable bonds is 4. The molecule has 0 radical (unpaired) electrons. The van der Waals surface area contributed by atoms with Gasteiger partial charge in [-0.05, 0) is 6.42 Å². The molecular weight excluding hydrogens is 191 g/mol. The maximum Gasteiger partial charge on any atom is 0.197 e. The van der Waals surface area contributed by atoms with E-state index in [0.29, 0.717) is 6.42 Å². The van der Waals surface area contributed by atoms with Crippen LogP contribution in [0.3, 0.4) is 0 Å². The van der Waals surface area contributed by atoms with Gasteiger partial charge in [-0.2, -0.15) is 0 Å². The fourth-order valence-corrected chi connectivity index (χ4v) is 1.67. The van der Waals surface area contributed by atoms with Crippen molar-refractivity contribution in [2.75, 3.05) is 33.6 Å². The van der Waals surface area contributed by atoms with Crippen molar-refractivity contribution in [3.05, 3.63) is 0 Å². The highest BCUT2D eigenvalue weighted by molar-refractivity contribution is 7.57. The minimum atomic E-state index is -2.47. The summed E-state index contributed by atoms with van der Waals surface area (Å²) in [6.45, 7) is 2.80. The predicted octanol–water partition coefficient (Wildman–Crippen LogP) is 1.34. The average Bonchev–Trinajstić information content (AvgIpc) is 2.41. The summed E-state index contributed by atoms with van der Waals surface area (Å²) in [6, 6.07) is 0. The molecular formula is C8H17O4P. The fraction of sp³-hybridized carbons (Fsp3) is 1.00. The smallest absolute Gasteiger partial charge is 0.197 e. The third-order valence-corrected chi connectivity index (χ3v) is 2.64. The summed E-state index contributed by atoms with van der Waals surface area (Å²) in [5.74, 6) is 0. The van der Waals surface area contributed by atoms with Crippen LogP contribution < -0.4 is 0 Å². The quantitative estimate of drug-likeness (QED) is 0.657. The Morgan fingerprint density at radius 2 is 2.38 bits per heavy atom. The Bertz CT molecular complexity index is 229. The maximum absolute atomic E-state index is 11.3. The van der Waals surface area contributed by atoms with Gasteiger partial charge in [0.05, 0.1) is 14.1 Å². The number of hydrogen-bond acceptors (Lipinski definition) is 4. The molecule has 1 saturated heterocycles. The van der Waals surface area contributed by atoms with Gasteiger partial charge in [0.2, 0.25) is 0 Å². The molecule has 1 fully saturated rings. The lowest BCUT2D eigenvalue weighted by Gasteiger charge is -2.18. The molecule has 0 bridgehead atoms. The van der Waals surface area contributed by atoms with Gasteiger partial charge in [-0.15, -0.1) is 0 Å². The van der Waals surface area contributed by atoms with Crippen LogP contribution >= 0.6 is 7.37 Å². The zero-order valence-electron chi connectivity index (χ0n) is 9.23. The van der Waals surface area contributed by atoms with Crippen molar-refractivity contribution in [3.63, 3.8) is 0 Å². The van der Waals surface area contributed by atoms with E-state index in [2.05, 4.69) is 0 Å². The van der Waals surface area contributed by atoms with Gasteiger partial charge in [0.15, 0.2) is 7.37 Å². The molecule has 1 rings (SSSR count). The Morgan fingerprint density at radius 1 is 1.69 bits per heavy atom. The second kappa shape index (κ2) is 4.56. The van der Waals surface area contributed by atoms with E-state index in [0.717, 1.165) is 0 Å². The summed E-state index contributed by atoms with van der Waals surface area (Å²) in [5.41, 5.74) is 0. The topological polar surface area (TPSA) is 44.8 Å². The molecule has 0 aliphatic carbocycles. The molecule has 78 valence electrons. The minimum Gasteiger partial charge on any atom is -0.379 e. The van der Waals surface area contributed by atoms with Crippen molar-refractivity contribution >= 4 is 7.37 Å². The Morgan fingerprint density at radius 3 is 2.92 bits per heavy atom. The van der Waals surface area contributed by atoms with Gasteiger partial charge in [-0.3, -0.25) is 4.57 Å². The minimum absolute atomic E-state index is 0.121. The molecule has 1 unspecified atom stereocenters. The summed E-state index contributed by atoms with van der Waals surface area (Å²) in [5, 5.41) is 0. The molecule has 3 atom stereocenters. The number of ether oxygens (including phenoxy) is 2. The largest absolute Gasteiger partial charge is 0.379 e. The fourth-order valence-electron chi connectivity index (χ4n) is 1.16. The molecule has 0 spiro atoms. The lowest BCUT2D eigenvalue weighted by molar-refractivity contribution is -0.00793. The first-order chi connectivity index (χ1) is 6.42. The van der Waals surface area contributed by atoms with Gasteiger partial charge in [0.25, 0.3) is 0 Å². The first-order valence-corrected chi connectivity index (χ1v) is 6.74. The van der Waals surface area contributed by atoms with Crippen molar-refractivity contribution in [1.29, 1.82) is 0 Å². The van der Waals surface area contributed by atoms with Gasteiger partial charge in [-0.25, -0.2) is 0 Å². The van der Waals surface area contributed by atoms with E-state index in [-0.39, 0.29) is 18.8 Å². The molecule has 0 aromatic carbocycles. The van der Waals surface area contributed by atoms with E-state index in [1.54, 1.807) is 20.4 Å². The highest BCUT2D eigenvalue weighted by Crippen LogP contribution is 2.38.